The minimum Gasteiger partial charge on any atom is -0.462 e. The molecule has 0 aliphatic carbocycles. The monoisotopic (exact) mass is 1420 g/mol. The molecule has 0 spiro atoms. The molecule has 5 atom stereocenters. The first kappa shape index (κ1) is 95.1. The molecule has 0 heterocycles. The molecule has 0 radical (unpaired) electrons. The van der Waals surface area contributed by atoms with E-state index in [1.807, 2.05) is 0 Å². The van der Waals surface area contributed by atoms with Gasteiger partial charge in [-0.05, 0) is 37.5 Å². The van der Waals surface area contributed by atoms with Crippen LogP contribution in [0.3, 0.4) is 0 Å². The molecule has 17 nitrogen and oxygen atoms in total. The summed E-state index contributed by atoms with van der Waals surface area (Å²) in [5.74, 6) is -0.587. The molecule has 0 aliphatic heterocycles. The summed E-state index contributed by atoms with van der Waals surface area (Å²) < 4.78 is 68.6. The number of phosphoric acid groups is 2. The number of carbonyl (C=O) groups is 4. The Labute approximate surface area is 594 Å². The van der Waals surface area contributed by atoms with Crippen molar-refractivity contribution in [2.45, 2.75) is 426 Å². The third-order valence-electron chi connectivity index (χ3n) is 18.2. The molecule has 0 aliphatic rings. The Bertz CT molecular complexity index is 1870. The molecule has 2 unspecified atom stereocenters. The van der Waals surface area contributed by atoms with Crippen LogP contribution in [0.25, 0.3) is 0 Å². The predicted molar refractivity (Wildman–Crippen MR) is 395 cm³/mol. The molecule has 3 N–H and O–H groups in total. The van der Waals surface area contributed by atoms with Crippen LogP contribution in [-0.2, 0) is 65.4 Å². The Balaban J connectivity index is 5.21. The van der Waals surface area contributed by atoms with Gasteiger partial charge in [0.25, 0.3) is 0 Å². The van der Waals surface area contributed by atoms with E-state index in [9.17, 15) is 43.2 Å². The second kappa shape index (κ2) is 69.8. The highest BCUT2D eigenvalue weighted by Crippen LogP contribution is 2.45. The van der Waals surface area contributed by atoms with Gasteiger partial charge in [-0.3, -0.25) is 37.3 Å². The summed E-state index contributed by atoms with van der Waals surface area (Å²) >= 11 is 0. The van der Waals surface area contributed by atoms with E-state index in [-0.39, 0.29) is 25.7 Å². The molecular formula is C78H152O17P2. The Morgan fingerprint density at radius 1 is 0.278 bits per heavy atom. The molecule has 0 aromatic heterocycles. The lowest BCUT2D eigenvalue weighted by Crippen LogP contribution is -2.30. The van der Waals surface area contributed by atoms with Crippen LogP contribution in [0.5, 0.6) is 0 Å². The topological polar surface area (TPSA) is 237 Å². The zero-order valence-corrected chi connectivity index (χ0v) is 65.2. The highest BCUT2D eigenvalue weighted by molar-refractivity contribution is 7.47. The minimum absolute atomic E-state index is 0.107. The van der Waals surface area contributed by atoms with Gasteiger partial charge in [0.1, 0.15) is 19.3 Å². The Kier molecular flexibility index (Phi) is 68.4. The van der Waals surface area contributed by atoms with Crippen molar-refractivity contribution in [2.75, 3.05) is 39.6 Å². The number of ether oxygens (including phenoxy) is 4. The lowest BCUT2D eigenvalue weighted by atomic mass is 10.0. The number of unbranched alkanes of at least 4 members (excludes halogenated alkanes) is 47. The van der Waals surface area contributed by atoms with Crippen molar-refractivity contribution in [3.63, 3.8) is 0 Å². The molecule has 0 rings (SSSR count). The van der Waals surface area contributed by atoms with Gasteiger partial charge in [0.05, 0.1) is 26.4 Å². The number of hydrogen-bond donors (Lipinski definition) is 3. The summed E-state index contributed by atoms with van der Waals surface area (Å²) in [6, 6.07) is 0. The largest absolute Gasteiger partial charge is 0.472 e. The van der Waals surface area contributed by atoms with Gasteiger partial charge < -0.3 is 33.8 Å². The van der Waals surface area contributed by atoms with Gasteiger partial charge in [0.2, 0.25) is 0 Å². The fourth-order valence-electron chi connectivity index (χ4n) is 12.0. The number of hydrogen-bond acceptors (Lipinski definition) is 15. The molecule has 0 aromatic carbocycles. The molecule has 0 amide bonds. The van der Waals surface area contributed by atoms with Crippen molar-refractivity contribution in [1.82, 2.24) is 0 Å². The van der Waals surface area contributed by atoms with Gasteiger partial charge in [-0.15, -0.1) is 0 Å². The van der Waals surface area contributed by atoms with Crippen LogP contribution in [0.15, 0.2) is 0 Å². The van der Waals surface area contributed by atoms with Crippen LogP contribution in [0.4, 0.5) is 0 Å². The molecule has 0 fully saturated rings. The zero-order chi connectivity index (χ0) is 71.4. The zero-order valence-electron chi connectivity index (χ0n) is 63.4. The van der Waals surface area contributed by atoms with Crippen molar-refractivity contribution >= 4 is 39.5 Å². The third kappa shape index (κ3) is 72.2. The number of aliphatic hydroxyl groups excluding tert-OH is 1. The van der Waals surface area contributed by atoms with Gasteiger partial charge in [-0.25, -0.2) is 9.13 Å². The van der Waals surface area contributed by atoms with Crippen LogP contribution < -0.4 is 0 Å². The highest BCUT2D eigenvalue weighted by Gasteiger charge is 2.30. The first-order valence-electron chi connectivity index (χ1n) is 40.5. The summed E-state index contributed by atoms with van der Waals surface area (Å²) in [4.78, 5) is 72.8. The van der Waals surface area contributed by atoms with Crippen LogP contribution >= 0.6 is 15.6 Å². The lowest BCUT2D eigenvalue weighted by molar-refractivity contribution is -0.161. The van der Waals surface area contributed by atoms with Crippen LogP contribution in [0.2, 0.25) is 0 Å². The second-order valence-corrected chi connectivity index (χ2v) is 32.0. The summed E-state index contributed by atoms with van der Waals surface area (Å²) in [5, 5.41) is 10.6. The first-order valence-corrected chi connectivity index (χ1v) is 43.5. The van der Waals surface area contributed by atoms with Gasteiger partial charge >= 0.3 is 39.5 Å². The number of esters is 4. The Hall–Kier alpha value is -1.94. The van der Waals surface area contributed by atoms with E-state index in [2.05, 4.69) is 41.5 Å². The van der Waals surface area contributed by atoms with Gasteiger partial charge in [0.15, 0.2) is 12.2 Å². The second-order valence-electron chi connectivity index (χ2n) is 29.1. The van der Waals surface area contributed by atoms with E-state index >= 15 is 0 Å². The summed E-state index contributed by atoms with van der Waals surface area (Å²) in [7, 11) is -9.91. The number of carbonyl (C=O) groups excluding carboxylic acids is 4. The maximum absolute atomic E-state index is 13.1. The van der Waals surface area contributed by atoms with Crippen molar-refractivity contribution in [2.24, 2.45) is 11.8 Å². The third-order valence-corrected chi connectivity index (χ3v) is 20.1. The average Bonchev–Trinajstić information content (AvgIpc) is 2.79. The van der Waals surface area contributed by atoms with Crippen LogP contribution in [0.1, 0.15) is 408 Å². The van der Waals surface area contributed by atoms with Gasteiger partial charge in [0, 0.05) is 25.7 Å². The fraction of sp³-hybridized carbons (Fsp3) is 0.949. The highest BCUT2D eigenvalue weighted by atomic mass is 31.2. The maximum Gasteiger partial charge on any atom is 0.472 e. The van der Waals surface area contributed by atoms with Gasteiger partial charge in [-0.1, -0.05) is 356 Å². The quantitative estimate of drug-likeness (QED) is 0.0222. The van der Waals surface area contributed by atoms with Crippen molar-refractivity contribution in [3.8, 4) is 0 Å². The van der Waals surface area contributed by atoms with Crippen molar-refractivity contribution in [1.29, 1.82) is 0 Å². The normalized spacial score (nSPS) is 14.0. The van der Waals surface area contributed by atoms with E-state index in [1.54, 1.807) is 0 Å². The van der Waals surface area contributed by atoms with Crippen molar-refractivity contribution < 1.29 is 80.2 Å². The molecule has 576 valence electrons. The average molecular weight is 1420 g/mol. The van der Waals surface area contributed by atoms with Crippen LogP contribution in [-0.4, -0.2) is 96.7 Å². The SMILES string of the molecule is CCCCCCCCCCCCCCCCC(=O)OC[C@H](COP(=O)(O)OC[C@@H](O)COP(=O)(O)OC[C@@H](COC(=O)CCCCCCCCCC(C)C)OC(=O)CCCCCCCCCCCCCC)OC(=O)CCCCCCCCCCCCCCCCCCCCC(C)C. The summed E-state index contributed by atoms with van der Waals surface area (Å²) in [6.45, 7) is 9.59. The first-order chi connectivity index (χ1) is 46.9. The smallest absolute Gasteiger partial charge is 0.462 e. The van der Waals surface area contributed by atoms with Crippen LogP contribution in [0, 0.1) is 11.8 Å². The predicted octanol–water partition coefficient (Wildman–Crippen LogP) is 23.1. The lowest BCUT2D eigenvalue weighted by Gasteiger charge is -2.21. The standard InChI is InChI=1S/C78H152O17P2/c1-7-9-11-13-15-17-19-21-29-33-36-42-48-54-60-75(80)88-66-73(94-78(83)63-57-51-44-38-34-30-27-25-23-22-24-26-28-31-35-40-46-52-58-70(3)4)68-92-96(84,85)90-64-72(79)65-91-97(86,87)93-69-74(67-89-76(81)61-55-49-45-39-41-47-53-59-71(5)6)95-77(82)62-56-50-43-37-32-20-18-16-14-12-10-8-2/h70-74,79H,7-69H2,1-6H3,(H,84,85)(H,86,87)/t72-,73-,74-/m1/s1. The van der Waals surface area contributed by atoms with Gasteiger partial charge in [-0.2, -0.15) is 0 Å². The number of rotatable bonds is 77. The number of aliphatic hydroxyl groups is 1. The van der Waals surface area contributed by atoms with Crippen molar-refractivity contribution in [3.05, 3.63) is 0 Å². The molecular weight excluding hydrogens is 1270 g/mol. The molecule has 0 aromatic rings. The maximum atomic E-state index is 13.1. The van der Waals surface area contributed by atoms with E-state index in [0.717, 1.165) is 102 Å². The van der Waals surface area contributed by atoms with E-state index in [0.29, 0.717) is 31.6 Å². The summed E-state index contributed by atoms with van der Waals surface area (Å²) in [5.41, 5.74) is 0. The van der Waals surface area contributed by atoms with E-state index in [4.69, 9.17) is 37.0 Å². The molecule has 19 heteroatoms. The van der Waals surface area contributed by atoms with E-state index < -0.39 is 97.5 Å². The minimum atomic E-state index is -4.96. The molecule has 0 bridgehead atoms. The molecule has 0 saturated carbocycles. The molecule has 97 heavy (non-hydrogen) atoms. The Morgan fingerprint density at radius 2 is 0.474 bits per heavy atom. The summed E-state index contributed by atoms with van der Waals surface area (Å²) in [6.07, 6.45) is 58.3. The number of phosphoric ester groups is 2. The fourth-order valence-corrected chi connectivity index (χ4v) is 13.6. The van der Waals surface area contributed by atoms with E-state index in [1.165, 1.54) is 218 Å². The Morgan fingerprint density at radius 3 is 0.701 bits per heavy atom. The molecule has 0 saturated heterocycles.